The zero-order chi connectivity index (χ0) is 19.2. The van der Waals surface area contributed by atoms with Crippen LogP contribution in [-0.4, -0.2) is 23.0 Å². The normalized spacial score (nSPS) is 9.96. The number of methoxy groups -OCH3 is 1. The molecule has 0 bridgehead atoms. The van der Waals surface area contributed by atoms with Gasteiger partial charge in [0.15, 0.2) is 0 Å². The summed E-state index contributed by atoms with van der Waals surface area (Å²) < 4.78 is 5.10. The molecule has 0 fully saturated rings. The fourth-order valence-corrected chi connectivity index (χ4v) is 2.51. The molecule has 0 aliphatic rings. The highest BCUT2D eigenvalue weighted by Gasteiger charge is 2.09. The van der Waals surface area contributed by atoms with Gasteiger partial charge >= 0.3 is 0 Å². The van der Waals surface area contributed by atoms with Crippen molar-refractivity contribution in [3.8, 4) is 11.8 Å². The zero-order valence-electron chi connectivity index (χ0n) is 14.2. The molecular weight excluding hydrogens is 366 g/mol. The second-order valence-corrected chi connectivity index (χ2v) is 5.82. The number of carbonyl (C=O) groups is 1. The molecule has 1 amide bonds. The number of hydrogen-bond donors (Lipinski definition) is 2. The van der Waals surface area contributed by atoms with Crippen LogP contribution in [0.5, 0.6) is 5.75 Å². The van der Waals surface area contributed by atoms with Crippen LogP contribution in [0, 0.1) is 11.3 Å². The van der Waals surface area contributed by atoms with Crippen LogP contribution in [0.1, 0.15) is 15.9 Å². The summed E-state index contributed by atoms with van der Waals surface area (Å²) in [5.74, 6) is 0.513. The van der Waals surface area contributed by atoms with Crippen molar-refractivity contribution in [1.29, 1.82) is 5.26 Å². The smallest absolute Gasteiger partial charge is 0.258 e. The quantitative estimate of drug-likeness (QED) is 0.694. The highest BCUT2D eigenvalue weighted by atomic mass is 35.5. The largest absolute Gasteiger partial charge is 0.495 e. The van der Waals surface area contributed by atoms with Crippen LogP contribution in [0.15, 0.2) is 54.9 Å². The standard InChI is InChI=1S/C19H14ClN5O2/c1-27-17-6-5-15(8-16(17)20)25-19-22-10-13(11-23-19)18(26)24-14-4-2-3-12(7-14)9-21/h2-8,10-11H,1H3,(H,24,26)(H,22,23,25). The van der Waals surface area contributed by atoms with E-state index in [1.54, 1.807) is 42.5 Å². The third-order valence-electron chi connectivity index (χ3n) is 3.57. The molecule has 0 aliphatic heterocycles. The van der Waals surface area contributed by atoms with Gasteiger partial charge < -0.3 is 15.4 Å². The number of carbonyl (C=O) groups excluding carboxylic acids is 1. The molecule has 0 radical (unpaired) electrons. The third-order valence-corrected chi connectivity index (χ3v) is 3.87. The molecule has 0 aliphatic carbocycles. The Morgan fingerprint density at radius 2 is 1.93 bits per heavy atom. The number of benzene rings is 2. The maximum atomic E-state index is 12.3. The van der Waals surface area contributed by atoms with Crippen molar-refractivity contribution in [1.82, 2.24) is 9.97 Å². The summed E-state index contributed by atoms with van der Waals surface area (Å²) in [6.45, 7) is 0. The van der Waals surface area contributed by atoms with Gasteiger partial charge in [-0.25, -0.2) is 9.97 Å². The van der Waals surface area contributed by atoms with Crippen LogP contribution < -0.4 is 15.4 Å². The lowest BCUT2D eigenvalue weighted by Crippen LogP contribution is -2.13. The van der Waals surface area contributed by atoms with Crippen molar-refractivity contribution in [2.45, 2.75) is 0 Å². The zero-order valence-corrected chi connectivity index (χ0v) is 15.0. The molecule has 2 N–H and O–H groups in total. The summed E-state index contributed by atoms with van der Waals surface area (Å²) in [6.07, 6.45) is 2.81. The molecule has 7 nitrogen and oxygen atoms in total. The molecule has 3 aromatic rings. The fourth-order valence-electron chi connectivity index (χ4n) is 2.25. The average molecular weight is 380 g/mol. The lowest BCUT2D eigenvalue weighted by Gasteiger charge is -2.08. The Kier molecular flexibility index (Phi) is 5.50. The van der Waals surface area contributed by atoms with Crippen molar-refractivity contribution < 1.29 is 9.53 Å². The lowest BCUT2D eigenvalue weighted by molar-refractivity contribution is 0.102. The molecule has 8 heteroatoms. The molecule has 0 spiro atoms. The first-order valence-corrected chi connectivity index (χ1v) is 8.21. The van der Waals surface area contributed by atoms with Gasteiger partial charge in [-0.2, -0.15) is 5.26 Å². The highest BCUT2D eigenvalue weighted by molar-refractivity contribution is 6.32. The van der Waals surface area contributed by atoms with Gasteiger partial charge in [-0.3, -0.25) is 4.79 Å². The summed E-state index contributed by atoms with van der Waals surface area (Å²) in [4.78, 5) is 20.5. The van der Waals surface area contributed by atoms with Gasteiger partial charge in [0, 0.05) is 23.8 Å². The molecule has 3 rings (SSSR count). The van der Waals surface area contributed by atoms with Gasteiger partial charge in [0.05, 0.1) is 29.3 Å². The fraction of sp³-hybridized carbons (Fsp3) is 0.0526. The number of hydrogen-bond acceptors (Lipinski definition) is 6. The molecule has 0 unspecified atom stereocenters. The Labute approximate surface area is 160 Å². The van der Waals surface area contributed by atoms with E-state index in [9.17, 15) is 4.79 Å². The first-order chi connectivity index (χ1) is 13.1. The van der Waals surface area contributed by atoms with E-state index in [0.29, 0.717) is 33.7 Å². The Morgan fingerprint density at radius 1 is 1.15 bits per heavy atom. The second kappa shape index (κ2) is 8.17. The number of nitriles is 1. The van der Waals surface area contributed by atoms with Gasteiger partial charge in [-0.1, -0.05) is 17.7 Å². The van der Waals surface area contributed by atoms with Crippen molar-refractivity contribution in [2.24, 2.45) is 0 Å². The number of anilines is 3. The molecule has 0 atom stereocenters. The Hall–Kier alpha value is -3.63. The summed E-state index contributed by atoms with van der Waals surface area (Å²) in [5, 5.41) is 15.1. The minimum atomic E-state index is -0.371. The SMILES string of the molecule is COc1ccc(Nc2ncc(C(=O)Nc3cccc(C#N)c3)cn2)cc1Cl. The number of amides is 1. The van der Waals surface area contributed by atoms with Gasteiger partial charge in [-0.05, 0) is 36.4 Å². The van der Waals surface area contributed by atoms with E-state index in [-0.39, 0.29) is 11.5 Å². The summed E-state index contributed by atoms with van der Waals surface area (Å²) in [6, 6.07) is 13.8. The van der Waals surface area contributed by atoms with Crippen molar-refractivity contribution in [3.63, 3.8) is 0 Å². The van der Waals surface area contributed by atoms with E-state index in [1.165, 1.54) is 19.5 Å². The molecular formula is C19H14ClN5O2. The molecule has 134 valence electrons. The van der Waals surface area contributed by atoms with E-state index in [4.69, 9.17) is 21.6 Å². The van der Waals surface area contributed by atoms with Gasteiger partial charge in [0.1, 0.15) is 5.75 Å². The molecule has 0 saturated heterocycles. The number of aromatic nitrogens is 2. The van der Waals surface area contributed by atoms with Crippen LogP contribution in [-0.2, 0) is 0 Å². The molecule has 27 heavy (non-hydrogen) atoms. The molecule has 1 aromatic heterocycles. The monoisotopic (exact) mass is 379 g/mol. The number of ether oxygens (including phenoxy) is 1. The maximum Gasteiger partial charge on any atom is 0.258 e. The molecule has 0 saturated carbocycles. The predicted octanol–water partition coefficient (Wildman–Crippen LogP) is 4.01. The summed E-state index contributed by atoms with van der Waals surface area (Å²) in [5.41, 5.74) is 1.96. The number of nitrogens with one attached hydrogen (secondary N) is 2. The van der Waals surface area contributed by atoms with Crippen molar-refractivity contribution >= 4 is 34.8 Å². The van der Waals surface area contributed by atoms with E-state index < -0.39 is 0 Å². The van der Waals surface area contributed by atoms with Gasteiger partial charge in [-0.15, -0.1) is 0 Å². The summed E-state index contributed by atoms with van der Waals surface area (Å²) in [7, 11) is 1.54. The number of halogens is 1. The third kappa shape index (κ3) is 4.51. The van der Waals surface area contributed by atoms with Crippen molar-refractivity contribution in [2.75, 3.05) is 17.7 Å². The molecule has 1 heterocycles. The minimum Gasteiger partial charge on any atom is -0.495 e. The Balaban J connectivity index is 1.68. The first kappa shape index (κ1) is 18.2. The average Bonchev–Trinajstić information content (AvgIpc) is 2.69. The Bertz CT molecular complexity index is 1020. The van der Waals surface area contributed by atoms with Gasteiger partial charge in [0.2, 0.25) is 5.95 Å². The van der Waals surface area contributed by atoms with Crippen LogP contribution in [0.2, 0.25) is 5.02 Å². The van der Waals surface area contributed by atoms with E-state index >= 15 is 0 Å². The maximum absolute atomic E-state index is 12.3. The van der Waals surface area contributed by atoms with Crippen LogP contribution in [0.4, 0.5) is 17.3 Å². The predicted molar refractivity (Wildman–Crippen MR) is 102 cm³/mol. The second-order valence-electron chi connectivity index (χ2n) is 5.42. The topological polar surface area (TPSA) is 99.9 Å². The molecule has 2 aromatic carbocycles. The highest BCUT2D eigenvalue weighted by Crippen LogP contribution is 2.28. The van der Waals surface area contributed by atoms with Crippen LogP contribution in [0.3, 0.4) is 0 Å². The first-order valence-electron chi connectivity index (χ1n) is 7.83. The van der Waals surface area contributed by atoms with Crippen molar-refractivity contribution in [3.05, 3.63) is 71.0 Å². The lowest BCUT2D eigenvalue weighted by atomic mass is 10.2. The van der Waals surface area contributed by atoms with Crippen LogP contribution in [0.25, 0.3) is 0 Å². The number of nitrogens with zero attached hydrogens (tertiary/aromatic N) is 3. The number of rotatable bonds is 5. The van der Waals surface area contributed by atoms with Gasteiger partial charge in [0.25, 0.3) is 5.91 Å². The Morgan fingerprint density at radius 3 is 2.59 bits per heavy atom. The van der Waals surface area contributed by atoms with E-state index in [1.807, 2.05) is 6.07 Å². The van der Waals surface area contributed by atoms with E-state index in [2.05, 4.69) is 20.6 Å². The minimum absolute atomic E-state index is 0.288. The van der Waals surface area contributed by atoms with Crippen LogP contribution >= 0.6 is 11.6 Å². The summed E-state index contributed by atoms with van der Waals surface area (Å²) >= 11 is 6.08. The van der Waals surface area contributed by atoms with E-state index in [0.717, 1.165) is 0 Å².